The zero-order valence-corrected chi connectivity index (χ0v) is 44.2. The van der Waals surface area contributed by atoms with Crippen molar-refractivity contribution >= 4 is 16.4 Å². The first kappa shape index (κ1) is 47.9. The van der Waals surface area contributed by atoms with Gasteiger partial charge in [-0.15, -0.1) is 82.6 Å². The summed E-state index contributed by atoms with van der Waals surface area (Å²) in [7, 11) is 0. The molecule has 0 radical (unpaired) electrons. The molecule has 0 N–H and O–H groups in total. The summed E-state index contributed by atoms with van der Waals surface area (Å²) in [6.45, 7) is 4.32. The maximum Gasteiger partial charge on any atom is 3.00 e. The number of nitrogens with zero attached hydrogens (tertiary/aromatic N) is 4. The summed E-state index contributed by atoms with van der Waals surface area (Å²) in [5.41, 5.74) is 24.9. The third-order valence-electron chi connectivity index (χ3n) is 14.2. The van der Waals surface area contributed by atoms with Crippen molar-refractivity contribution < 1.29 is 20.1 Å². The fourth-order valence-electron chi connectivity index (χ4n) is 10.7. The first-order valence-electron chi connectivity index (χ1n) is 25.3. The zero-order valence-electron chi connectivity index (χ0n) is 41.8. The van der Waals surface area contributed by atoms with Crippen LogP contribution < -0.4 is 0 Å². The summed E-state index contributed by atoms with van der Waals surface area (Å²) in [4.78, 5) is 14.0. The van der Waals surface area contributed by atoms with Crippen LogP contribution in [-0.4, -0.2) is 19.4 Å². The van der Waals surface area contributed by atoms with E-state index in [1.807, 2.05) is 59.5 Å². The quantitative estimate of drug-likeness (QED) is 0.128. The Hall–Kier alpha value is -9.12. The molecular weight excluding hydrogens is 1100 g/mol. The summed E-state index contributed by atoms with van der Waals surface area (Å²) < 4.78 is 2.04. The van der Waals surface area contributed by atoms with Crippen LogP contribution in [0.3, 0.4) is 0 Å². The second kappa shape index (κ2) is 20.7. The Balaban J connectivity index is 0.00000582. The predicted octanol–water partition coefficient (Wildman–Crippen LogP) is 18.0. The minimum absolute atomic E-state index is 0. The number of pyridine rings is 3. The molecule has 0 fully saturated rings. The maximum atomic E-state index is 4.76. The molecule has 0 aliphatic heterocycles. The molecule has 76 heavy (non-hydrogen) atoms. The first-order valence-corrected chi connectivity index (χ1v) is 25.3. The van der Waals surface area contributed by atoms with Crippen molar-refractivity contribution in [3.8, 4) is 112 Å². The number of benzene rings is 9. The number of aromatic nitrogens is 4. The molecule has 0 saturated heterocycles. The van der Waals surface area contributed by atoms with Crippen LogP contribution in [0.2, 0.25) is 0 Å². The summed E-state index contributed by atoms with van der Waals surface area (Å²) in [5, 5.41) is 2.08. The van der Waals surface area contributed by atoms with Crippen molar-refractivity contribution in [1.29, 1.82) is 0 Å². The largest absolute Gasteiger partial charge is 3.00 e. The van der Waals surface area contributed by atoms with E-state index in [-0.39, 0.29) is 20.1 Å². The van der Waals surface area contributed by atoms with Gasteiger partial charge in [0.15, 0.2) is 0 Å². The molecule has 4 aromatic heterocycles. The molecule has 0 spiro atoms. The van der Waals surface area contributed by atoms with Gasteiger partial charge < -0.3 is 14.4 Å². The molecular formula is C71H47IrN4. The fourth-order valence-corrected chi connectivity index (χ4v) is 10.7. The number of hydrogen-bond donors (Lipinski definition) is 0. The van der Waals surface area contributed by atoms with E-state index >= 15 is 0 Å². The summed E-state index contributed by atoms with van der Waals surface area (Å²) >= 11 is 0. The van der Waals surface area contributed by atoms with Crippen molar-refractivity contribution in [3.05, 3.63) is 279 Å². The van der Waals surface area contributed by atoms with Gasteiger partial charge in [-0.05, 0) is 112 Å². The molecule has 0 aliphatic rings. The monoisotopic (exact) mass is 1150 g/mol. The van der Waals surface area contributed by atoms with Crippen LogP contribution in [0.25, 0.3) is 128 Å². The Morgan fingerprint density at radius 3 is 1.46 bits per heavy atom. The molecule has 4 nitrogen and oxygen atoms in total. The molecule has 13 aromatic rings. The molecule has 0 unspecified atom stereocenters. The first-order chi connectivity index (χ1) is 37.0. The smallest absolute Gasteiger partial charge is 0.347 e. The Labute approximate surface area is 457 Å². The molecule has 360 valence electrons. The van der Waals surface area contributed by atoms with Crippen molar-refractivity contribution in [1.82, 2.24) is 19.4 Å². The van der Waals surface area contributed by atoms with Crippen LogP contribution in [0.1, 0.15) is 11.1 Å². The SMILES string of the molecule is Cc1cc(C)cc(-c2ccc(-c3cc(-c4ccccn4)[c-]cc3-c3ccccc3-c3cc(-c4ccccc4-c4c[c-]c(-c5ccccn5)cc4)cc(-c4ccccc4-c4c[c-]c5c(ccn6ccnc56)c4)c3)cc2)c1.[Ir+3]. The van der Waals surface area contributed by atoms with Crippen LogP contribution in [0.4, 0.5) is 0 Å². The van der Waals surface area contributed by atoms with E-state index in [0.717, 1.165) is 117 Å². The van der Waals surface area contributed by atoms with Gasteiger partial charge >= 0.3 is 20.1 Å². The van der Waals surface area contributed by atoms with Crippen LogP contribution in [0.15, 0.2) is 249 Å². The van der Waals surface area contributed by atoms with Crippen LogP contribution >= 0.6 is 0 Å². The third kappa shape index (κ3) is 9.28. The Bertz CT molecular complexity index is 4220. The number of aryl methyl sites for hydroxylation is 2. The normalized spacial score (nSPS) is 11.2. The van der Waals surface area contributed by atoms with Gasteiger partial charge in [-0.1, -0.05) is 196 Å². The van der Waals surface area contributed by atoms with Gasteiger partial charge in [0.2, 0.25) is 0 Å². The average molecular weight is 1150 g/mol. The van der Waals surface area contributed by atoms with Gasteiger partial charge in [-0.25, -0.2) is 0 Å². The number of imidazole rings is 1. The summed E-state index contributed by atoms with van der Waals surface area (Å²) in [6, 6.07) is 89.3. The van der Waals surface area contributed by atoms with E-state index in [0.29, 0.717) is 0 Å². The maximum absolute atomic E-state index is 4.76. The van der Waals surface area contributed by atoms with Crippen molar-refractivity contribution in [2.24, 2.45) is 0 Å². The van der Waals surface area contributed by atoms with E-state index in [2.05, 4.69) is 236 Å². The molecule has 0 atom stereocenters. The zero-order chi connectivity index (χ0) is 50.2. The Morgan fingerprint density at radius 2 is 0.855 bits per heavy atom. The van der Waals surface area contributed by atoms with Crippen LogP contribution in [0.5, 0.6) is 0 Å². The topological polar surface area (TPSA) is 43.1 Å². The Kier molecular flexibility index (Phi) is 13.0. The number of rotatable bonds is 10. The average Bonchev–Trinajstić information content (AvgIpc) is 3.98. The van der Waals surface area contributed by atoms with Gasteiger partial charge in [0.1, 0.15) is 0 Å². The molecule has 0 bridgehead atoms. The van der Waals surface area contributed by atoms with Crippen LogP contribution in [0, 0.1) is 32.0 Å². The van der Waals surface area contributed by atoms with E-state index in [1.165, 1.54) is 22.3 Å². The van der Waals surface area contributed by atoms with E-state index in [1.54, 1.807) is 0 Å². The van der Waals surface area contributed by atoms with E-state index < -0.39 is 0 Å². The summed E-state index contributed by atoms with van der Waals surface area (Å²) in [6.07, 6.45) is 9.55. The molecule has 5 heteroatoms. The number of fused-ring (bicyclic) bond motifs is 3. The molecule has 0 amide bonds. The van der Waals surface area contributed by atoms with Gasteiger partial charge in [0.25, 0.3) is 0 Å². The Morgan fingerprint density at radius 1 is 0.329 bits per heavy atom. The van der Waals surface area contributed by atoms with E-state index in [4.69, 9.17) is 4.98 Å². The molecule has 0 saturated carbocycles. The molecule has 0 aliphatic carbocycles. The number of hydrogen-bond acceptors (Lipinski definition) is 3. The van der Waals surface area contributed by atoms with Gasteiger partial charge in [-0.3, -0.25) is 4.98 Å². The summed E-state index contributed by atoms with van der Waals surface area (Å²) in [5.74, 6) is 0. The van der Waals surface area contributed by atoms with Gasteiger partial charge in [0.05, 0.1) is 5.65 Å². The minimum Gasteiger partial charge on any atom is -0.347 e. The second-order valence-corrected chi connectivity index (χ2v) is 19.2. The van der Waals surface area contributed by atoms with Gasteiger partial charge in [-0.2, -0.15) is 0 Å². The molecule has 4 heterocycles. The van der Waals surface area contributed by atoms with Crippen LogP contribution in [-0.2, 0) is 20.1 Å². The third-order valence-corrected chi connectivity index (χ3v) is 14.2. The van der Waals surface area contributed by atoms with Crippen molar-refractivity contribution in [3.63, 3.8) is 0 Å². The fraction of sp³-hybridized carbons (Fsp3) is 0.0282. The van der Waals surface area contributed by atoms with Crippen molar-refractivity contribution in [2.45, 2.75) is 13.8 Å². The molecule has 13 rings (SSSR count). The van der Waals surface area contributed by atoms with Gasteiger partial charge in [0, 0.05) is 24.8 Å². The standard InChI is InChI=1S/C71H47N4.Ir/c1-47-39-48(2)41-56(40-47)49-21-23-51(24-22-49)68-46-55(70-20-10-12-35-73-70)30-32-67(68)66-18-8-7-17-64(66)59-44-57(62-15-5-3-13-60(62)50-25-27-52(28-26-50)69-19-9-11-34-72-69)43-58(45-59)63-16-6-4-14-61(63)53-29-31-65-54(42-53)33-37-75-38-36-74-71(65)75;/h3-27,29,32-46H,1-2H3;/q-3;+3. The second-order valence-electron chi connectivity index (χ2n) is 19.2. The van der Waals surface area contributed by atoms with Crippen molar-refractivity contribution in [2.75, 3.05) is 0 Å². The minimum atomic E-state index is 0. The predicted molar refractivity (Wildman–Crippen MR) is 309 cm³/mol. The van der Waals surface area contributed by atoms with E-state index in [9.17, 15) is 0 Å². The molecule has 9 aromatic carbocycles.